The largest absolute Gasteiger partial charge is 0.490 e. The predicted molar refractivity (Wildman–Crippen MR) is 101 cm³/mol. The van der Waals surface area contributed by atoms with Gasteiger partial charge in [-0.2, -0.15) is 0 Å². The summed E-state index contributed by atoms with van der Waals surface area (Å²) in [7, 11) is 0. The van der Waals surface area contributed by atoms with Gasteiger partial charge in [0.2, 0.25) is 11.8 Å². The number of benzene rings is 1. The second-order valence-corrected chi connectivity index (χ2v) is 7.31. The molecule has 3 aliphatic rings. The molecule has 2 heterocycles. The maximum atomic E-state index is 12.8. The maximum absolute atomic E-state index is 12.8. The highest BCUT2D eigenvalue weighted by atomic mass is 35.5. The molecule has 1 aromatic carbocycles. The first-order valence-electron chi connectivity index (χ1n) is 9.22. The van der Waals surface area contributed by atoms with E-state index in [1.165, 1.54) is 0 Å². The van der Waals surface area contributed by atoms with E-state index in [1.54, 1.807) is 18.2 Å². The summed E-state index contributed by atoms with van der Waals surface area (Å²) in [5.41, 5.74) is 6.39. The number of fused-ring (bicyclic) bond motifs is 1. The quantitative estimate of drug-likeness (QED) is 0.725. The summed E-state index contributed by atoms with van der Waals surface area (Å²) in [6, 6.07) is 4.05. The van der Waals surface area contributed by atoms with Crippen LogP contribution in [0.4, 0.5) is 0 Å². The number of rotatable bonds is 3. The van der Waals surface area contributed by atoms with Gasteiger partial charge in [-0.1, -0.05) is 0 Å². The van der Waals surface area contributed by atoms with Crippen LogP contribution in [0.25, 0.3) is 0 Å². The molecule has 2 aliphatic heterocycles. The maximum Gasteiger partial charge on any atom is 0.262 e. The van der Waals surface area contributed by atoms with E-state index >= 15 is 0 Å². The highest BCUT2D eigenvalue weighted by molar-refractivity contribution is 6.23. The van der Waals surface area contributed by atoms with Gasteiger partial charge in [-0.3, -0.25) is 29.4 Å². The van der Waals surface area contributed by atoms with Crippen molar-refractivity contribution in [3.05, 3.63) is 29.3 Å². The molecule has 8 nitrogen and oxygen atoms in total. The number of nitrogens with zero attached hydrogens (tertiary/aromatic N) is 1. The lowest BCUT2D eigenvalue weighted by Gasteiger charge is -2.27. The van der Waals surface area contributed by atoms with E-state index in [0.717, 1.165) is 30.6 Å². The molecule has 1 aliphatic carbocycles. The lowest BCUT2D eigenvalue weighted by atomic mass is 9.94. The van der Waals surface area contributed by atoms with Crippen LogP contribution in [-0.4, -0.2) is 46.7 Å². The van der Waals surface area contributed by atoms with Gasteiger partial charge in [0.15, 0.2) is 0 Å². The molecule has 2 fully saturated rings. The van der Waals surface area contributed by atoms with Crippen LogP contribution in [0.5, 0.6) is 5.75 Å². The number of hydrogen-bond donors (Lipinski definition) is 2. The molecule has 4 amide bonds. The summed E-state index contributed by atoms with van der Waals surface area (Å²) >= 11 is 0. The van der Waals surface area contributed by atoms with E-state index in [-0.39, 0.29) is 48.5 Å². The van der Waals surface area contributed by atoms with Crippen LogP contribution in [0.2, 0.25) is 0 Å². The molecule has 9 heteroatoms. The van der Waals surface area contributed by atoms with E-state index in [9.17, 15) is 19.2 Å². The fourth-order valence-electron chi connectivity index (χ4n) is 3.92. The van der Waals surface area contributed by atoms with Crippen molar-refractivity contribution < 1.29 is 23.9 Å². The summed E-state index contributed by atoms with van der Waals surface area (Å²) in [5.74, 6) is -1.52. The number of amides is 4. The molecule has 0 spiro atoms. The van der Waals surface area contributed by atoms with Gasteiger partial charge in [-0.05, 0) is 50.3 Å². The molecular formula is C19H22ClN3O5. The molecule has 0 radical (unpaired) electrons. The molecule has 150 valence electrons. The number of halogens is 1. The van der Waals surface area contributed by atoms with Crippen LogP contribution in [-0.2, 0) is 9.59 Å². The highest BCUT2D eigenvalue weighted by Crippen LogP contribution is 2.31. The minimum atomic E-state index is -0.959. The van der Waals surface area contributed by atoms with Crippen molar-refractivity contribution in [2.45, 2.75) is 56.7 Å². The van der Waals surface area contributed by atoms with Crippen LogP contribution in [0.1, 0.15) is 59.2 Å². The number of ether oxygens (including phenoxy) is 1. The summed E-state index contributed by atoms with van der Waals surface area (Å²) < 4.78 is 5.97. The van der Waals surface area contributed by atoms with Crippen molar-refractivity contribution >= 4 is 36.0 Å². The fraction of sp³-hybridized carbons (Fsp3) is 0.474. The van der Waals surface area contributed by atoms with E-state index in [2.05, 4.69) is 5.32 Å². The molecule has 1 atom stereocenters. The van der Waals surface area contributed by atoms with Crippen molar-refractivity contribution in [3.63, 3.8) is 0 Å². The highest BCUT2D eigenvalue weighted by Gasteiger charge is 2.44. The smallest absolute Gasteiger partial charge is 0.262 e. The molecule has 1 saturated carbocycles. The third kappa shape index (κ3) is 3.62. The van der Waals surface area contributed by atoms with Crippen molar-refractivity contribution in [1.82, 2.24) is 10.2 Å². The van der Waals surface area contributed by atoms with Crippen molar-refractivity contribution in [1.29, 1.82) is 0 Å². The van der Waals surface area contributed by atoms with Gasteiger partial charge < -0.3 is 10.5 Å². The third-order valence-corrected chi connectivity index (χ3v) is 5.43. The van der Waals surface area contributed by atoms with Gasteiger partial charge in [-0.25, -0.2) is 0 Å². The second kappa shape index (κ2) is 7.89. The first-order valence-corrected chi connectivity index (χ1v) is 9.22. The van der Waals surface area contributed by atoms with Crippen LogP contribution in [0.3, 0.4) is 0 Å². The number of carbonyl (C=O) groups is 4. The van der Waals surface area contributed by atoms with Gasteiger partial charge in [-0.15, -0.1) is 12.4 Å². The predicted octanol–water partition coefficient (Wildman–Crippen LogP) is 1.16. The average Bonchev–Trinajstić information content (AvgIpc) is 2.88. The Labute approximate surface area is 168 Å². The summed E-state index contributed by atoms with van der Waals surface area (Å²) in [6.07, 6.45) is 3.79. The van der Waals surface area contributed by atoms with Crippen LogP contribution < -0.4 is 15.8 Å². The first-order chi connectivity index (χ1) is 12.9. The lowest BCUT2D eigenvalue weighted by Crippen LogP contribution is -2.54. The number of carbonyl (C=O) groups excluding carboxylic acids is 4. The van der Waals surface area contributed by atoms with Crippen molar-refractivity contribution in [3.8, 4) is 5.75 Å². The van der Waals surface area contributed by atoms with Gasteiger partial charge in [0, 0.05) is 12.5 Å². The summed E-state index contributed by atoms with van der Waals surface area (Å²) in [4.78, 5) is 49.8. The Morgan fingerprint density at radius 1 is 0.964 bits per heavy atom. The second-order valence-electron chi connectivity index (χ2n) is 7.31. The summed E-state index contributed by atoms with van der Waals surface area (Å²) in [6.45, 7) is 0. The molecule has 28 heavy (non-hydrogen) atoms. The average molecular weight is 408 g/mol. The molecule has 1 unspecified atom stereocenters. The van der Waals surface area contributed by atoms with Gasteiger partial charge in [0.1, 0.15) is 11.8 Å². The number of imide groups is 2. The molecule has 1 aromatic rings. The van der Waals surface area contributed by atoms with Gasteiger partial charge in [0.05, 0.1) is 17.2 Å². The standard InChI is InChI=1S/C19H21N3O5.ClH/c20-10-1-3-11(4-2-10)27-12-5-6-13-14(9-12)19(26)22(18(13)25)15-7-8-16(23)21-17(15)24;/h5-6,9-11,15H,1-4,7-8,20H2,(H,21,23,24);1H. The van der Waals surface area contributed by atoms with E-state index in [1.807, 2.05) is 0 Å². The normalized spacial score (nSPS) is 27.2. The van der Waals surface area contributed by atoms with Gasteiger partial charge >= 0.3 is 0 Å². The topological polar surface area (TPSA) is 119 Å². The molecule has 1 saturated heterocycles. The van der Waals surface area contributed by atoms with E-state index in [0.29, 0.717) is 5.75 Å². The lowest BCUT2D eigenvalue weighted by molar-refractivity contribution is -0.136. The minimum Gasteiger partial charge on any atom is -0.490 e. The molecule has 4 rings (SSSR count). The Bertz CT molecular complexity index is 835. The van der Waals surface area contributed by atoms with Crippen LogP contribution in [0.15, 0.2) is 18.2 Å². The number of nitrogens with one attached hydrogen (secondary N) is 1. The van der Waals surface area contributed by atoms with Crippen LogP contribution in [0, 0.1) is 0 Å². The van der Waals surface area contributed by atoms with Gasteiger partial charge in [0.25, 0.3) is 11.8 Å². The number of piperidine rings is 1. The van der Waals surface area contributed by atoms with E-state index in [4.69, 9.17) is 10.5 Å². The summed E-state index contributed by atoms with van der Waals surface area (Å²) in [5, 5.41) is 2.18. The SMILES string of the molecule is Cl.NC1CCC(Oc2ccc3c(c2)C(=O)N(C2CCC(=O)NC2=O)C3=O)CC1. The Balaban J connectivity index is 0.00000225. The zero-order valence-corrected chi connectivity index (χ0v) is 16.0. The Hall–Kier alpha value is -2.45. The Morgan fingerprint density at radius 2 is 1.64 bits per heavy atom. The zero-order valence-electron chi connectivity index (χ0n) is 15.2. The monoisotopic (exact) mass is 407 g/mol. The fourth-order valence-corrected chi connectivity index (χ4v) is 3.92. The number of hydrogen-bond acceptors (Lipinski definition) is 6. The van der Waals surface area contributed by atoms with E-state index < -0.39 is 29.7 Å². The molecule has 0 bridgehead atoms. The minimum absolute atomic E-state index is 0. The first kappa shape index (κ1) is 20.3. The number of nitrogens with two attached hydrogens (primary N) is 1. The van der Waals surface area contributed by atoms with Crippen molar-refractivity contribution in [2.24, 2.45) is 5.73 Å². The zero-order chi connectivity index (χ0) is 19.1. The molecular weight excluding hydrogens is 386 g/mol. The molecule has 3 N–H and O–H groups in total. The third-order valence-electron chi connectivity index (χ3n) is 5.43. The Kier molecular flexibility index (Phi) is 5.71. The molecule has 0 aromatic heterocycles. The van der Waals surface area contributed by atoms with Crippen LogP contribution >= 0.6 is 12.4 Å². The Morgan fingerprint density at radius 3 is 2.32 bits per heavy atom. The van der Waals surface area contributed by atoms with Crippen molar-refractivity contribution in [2.75, 3.05) is 0 Å².